The molecule has 1 heterocycles. The van der Waals surface area contributed by atoms with Gasteiger partial charge in [0.15, 0.2) is 0 Å². The van der Waals surface area contributed by atoms with E-state index in [1.807, 2.05) is 0 Å². The van der Waals surface area contributed by atoms with Crippen LogP contribution < -0.4 is 5.32 Å². The third-order valence-corrected chi connectivity index (χ3v) is 4.72. The van der Waals surface area contributed by atoms with Crippen molar-refractivity contribution in [2.75, 3.05) is 26.2 Å². The molecule has 18 heavy (non-hydrogen) atoms. The van der Waals surface area contributed by atoms with Crippen molar-refractivity contribution in [1.29, 1.82) is 5.26 Å². The molecule has 0 radical (unpaired) electrons. The highest BCUT2D eigenvalue weighted by Crippen LogP contribution is 2.27. The molecule has 2 atom stereocenters. The number of likely N-dealkylation sites (tertiary alicyclic amines) is 1. The van der Waals surface area contributed by atoms with Crippen LogP contribution in [0.4, 0.5) is 0 Å². The highest BCUT2D eigenvalue weighted by atomic mass is 15.2. The number of rotatable bonds is 5. The predicted molar refractivity (Wildman–Crippen MR) is 74.1 cm³/mol. The van der Waals surface area contributed by atoms with Crippen molar-refractivity contribution in [1.82, 2.24) is 10.2 Å². The second kappa shape index (κ2) is 6.54. The third-order valence-electron chi connectivity index (χ3n) is 4.72. The minimum Gasteiger partial charge on any atom is -0.312 e. The van der Waals surface area contributed by atoms with Crippen molar-refractivity contribution in [3.8, 4) is 6.07 Å². The summed E-state index contributed by atoms with van der Waals surface area (Å²) >= 11 is 0. The van der Waals surface area contributed by atoms with Crippen LogP contribution in [0.3, 0.4) is 0 Å². The second-order valence-corrected chi connectivity index (χ2v) is 6.49. The van der Waals surface area contributed by atoms with Crippen LogP contribution in [0.2, 0.25) is 0 Å². The molecule has 1 N–H and O–H groups in total. The van der Waals surface area contributed by atoms with E-state index in [2.05, 4.69) is 30.1 Å². The number of nitriles is 1. The van der Waals surface area contributed by atoms with E-state index in [4.69, 9.17) is 5.26 Å². The molecule has 0 aromatic heterocycles. The zero-order valence-corrected chi connectivity index (χ0v) is 11.9. The van der Waals surface area contributed by atoms with Gasteiger partial charge in [-0.05, 0) is 43.6 Å². The average molecular weight is 249 g/mol. The van der Waals surface area contributed by atoms with Crippen LogP contribution in [0, 0.1) is 29.1 Å². The van der Waals surface area contributed by atoms with Gasteiger partial charge in [0.05, 0.1) is 12.6 Å². The Morgan fingerprint density at radius 1 is 1.33 bits per heavy atom. The number of hydrogen-bond acceptors (Lipinski definition) is 3. The van der Waals surface area contributed by atoms with Crippen LogP contribution in [-0.2, 0) is 0 Å². The van der Waals surface area contributed by atoms with Crippen LogP contribution in [0.25, 0.3) is 0 Å². The molecule has 1 aliphatic carbocycles. The van der Waals surface area contributed by atoms with Crippen molar-refractivity contribution < 1.29 is 0 Å². The average Bonchev–Trinajstić information content (AvgIpc) is 2.27. The lowest BCUT2D eigenvalue weighted by Crippen LogP contribution is -2.51. The van der Waals surface area contributed by atoms with Gasteiger partial charge in [0.2, 0.25) is 0 Å². The summed E-state index contributed by atoms with van der Waals surface area (Å²) in [5.74, 6) is 2.39. The fourth-order valence-corrected chi connectivity index (χ4v) is 3.12. The maximum Gasteiger partial charge on any atom is 0.0866 e. The van der Waals surface area contributed by atoms with Crippen LogP contribution in [0.15, 0.2) is 0 Å². The van der Waals surface area contributed by atoms with Gasteiger partial charge in [0.1, 0.15) is 0 Å². The first-order valence-corrected chi connectivity index (χ1v) is 7.51. The normalized spacial score (nSPS) is 30.1. The van der Waals surface area contributed by atoms with Gasteiger partial charge < -0.3 is 5.32 Å². The van der Waals surface area contributed by atoms with E-state index in [0.717, 1.165) is 30.8 Å². The molecule has 1 saturated heterocycles. The first-order valence-electron chi connectivity index (χ1n) is 7.51. The van der Waals surface area contributed by atoms with Crippen molar-refractivity contribution >= 4 is 0 Å². The van der Waals surface area contributed by atoms with E-state index in [1.54, 1.807) is 0 Å². The van der Waals surface area contributed by atoms with Crippen LogP contribution >= 0.6 is 0 Å². The topological polar surface area (TPSA) is 39.1 Å². The summed E-state index contributed by atoms with van der Waals surface area (Å²) in [5.41, 5.74) is 0. The quantitative estimate of drug-likeness (QED) is 0.760. The zero-order valence-electron chi connectivity index (χ0n) is 11.9. The number of nitrogens with zero attached hydrogens (tertiary/aromatic N) is 2. The highest BCUT2D eigenvalue weighted by Gasteiger charge is 2.29. The van der Waals surface area contributed by atoms with Crippen molar-refractivity contribution in [2.45, 2.75) is 45.6 Å². The minimum atomic E-state index is 0.588. The molecule has 2 unspecified atom stereocenters. The molecular weight excluding hydrogens is 222 g/mol. The molecule has 2 fully saturated rings. The Labute approximate surface area is 112 Å². The van der Waals surface area contributed by atoms with Gasteiger partial charge in [-0.2, -0.15) is 5.26 Å². The monoisotopic (exact) mass is 249 g/mol. The first-order chi connectivity index (χ1) is 8.69. The first kappa shape index (κ1) is 13.8. The van der Waals surface area contributed by atoms with E-state index >= 15 is 0 Å². The van der Waals surface area contributed by atoms with Crippen LogP contribution in [-0.4, -0.2) is 37.1 Å². The Morgan fingerprint density at radius 3 is 2.67 bits per heavy atom. The van der Waals surface area contributed by atoms with Gasteiger partial charge in [0.25, 0.3) is 0 Å². The standard InChI is InChI=1S/C15H27N3/c1-12(2)14-8-15(11-18(10-14)7-6-16)17-9-13-4-3-5-13/h12-15,17H,3-5,7-11H2,1-2H3. The van der Waals surface area contributed by atoms with Crippen LogP contribution in [0.5, 0.6) is 0 Å². The maximum absolute atomic E-state index is 8.88. The largest absolute Gasteiger partial charge is 0.312 e. The molecule has 3 nitrogen and oxygen atoms in total. The van der Waals surface area contributed by atoms with Gasteiger partial charge in [-0.3, -0.25) is 4.90 Å². The Morgan fingerprint density at radius 2 is 2.11 bits per heavy atom. The second-order valence-electron chi connectivity index (χ2n) is 6.49. The summed E-state index contributed by atoms with van der Waals surface area (Å²) < 4.78 is 0. The molecule has 0 spiro atoms. The van der Waals surface area contributed by atoms with E-state index in [-0.39, 0.29) is 0 Å². The van der Waals surface area contributed by atoms with Gasteiger partial charge in [0, 0.05) is 19.1 Å². The Hall–Kier alpha value is -0.590. The summed E-state index contributed by atoms with van der Waals surface area (Å²) in [5, 5.41) is 12.6. The van der Waals surface area contributed by atoms with Crippen molar-refractivity contribution in [3.63, 3.8) is 0 Å². The predicted octanol–water partition coefficient (Wildman–Crippen LogP) is 2.25. The van der Waals surface area contributed by atoms with Gasteiger partial charge in [-0.15, -0.1) is 0 Å². The van der Waals surface area contributed by atoms with E-state index in [0.29, 0.717) is 12.6 Å². The summed E-state index contributed by atoms with van der Waals surface area (Å²) in [6.45, 7) is 8.56. The zero-order chi connectivity index (χ0) is 13.0. The van der Waals surface area contributed by atoms with E-state index in [1.165, 1.54) is 32.2 Å². The highest BCUT2D eigenvalue weighted by molar-refractivity contribution is 4.89. The fourth-order valence-electron chi connectivity index (χ4n) is 3.12. The lowest BCUT2D eigenvalue weighted by atomic mass is 9.83. The maximum atomic E-state index is 8.88. The third kappa shape index (κ3) is 3.70. The van der Waals surface area contributed by atoms with E-state index < -0.39 is 0 Å². The van der Waals surface area contributed by atoms with E-state index in [9.17, 15) is 0 Å². The molecule has 3 heteroatoms. The molecule has 0 amide bonds. The molecule has 0 bridgehead atoms. The number of piperidine rings is 1. The van der Waals surface area contributed by atoms with Crippen molar-refractivity contribution in [2.24, 2.45) is 17.8 Å². The number of nitrogens with one attached hydrogen (secondary N) is 1. The molecular formula is C15H27N3. The van der Waals surface area contributed by atoms with Gasteiger partial charge in [-0.1, -0.05) is 20.3 Å². The summed E-state index contributed by atoms with van der Waals surface area (Å²) in [7, 11) is 0. The summed E-state index contributed by atoms with van der Waals surface area (Å²) in [6, 6.07) is 2.90. The SMILES string of the molecule is CC(C)C1CC(NCC2CCC2)CN(CC#N)C1. The van der Waals surface area contributed by atoms with Gasteiger partial charge in [-0.25, -0.2) is 0 Å². The summed E-state index contributed by atoms with van der Waals surface area (Å²) in [6.07, 6.45) is 5.53. The van der Waals surface area contributed by atoms with Crippen LogP contribution in [0.1, 0.15) is 39.5 Å². The number of hydrogen-bond donors (Lipinski definition) is 1. The molecule has 102 valence electrons. The molecule has 1 saturated carbocycles. The molecule has 0 aromatic carbocycles. The molecule has 1 aliphatic heterocycles. The molecule has 2 aliphatic rings. The lowest BCUT2D eigenvalue weighted by molar-refractivity contribution is 0.122. The fraction of sp³-hybridized carbons (Fsp3) is 0.933. The molecule has 0 aromatic rings. The lowest BCUT2D eigenvalue weighted by Gasteiger charge is -2.40. The Balaban J connectivity index is 1.81. The smallest absolute Gasteiger partial charge is 0.0866 e. The van der Waals surface area contributed by atoms with Crippen molar-refractivity contribution in [3.05, 3.63) is 0 Å². The minimum absolute atomic E-state index is 0.588. The Kier molecular flexibility index (Phi) is 5.03. The molecule has 2 rings (SSSR count). The Bertz CT molecular complexity index is 291. The van der Waals surface area contributed by atoms with Gasteiger partial charge >= 0.3 is 0 Å². The summed E-state index contributed by atoms with van der Waals surface area (Å²) in [4.78, 5) is 2.33.